The van der Waals surface area contributed by atoms with Gasteiger partial charge < -0.3 is 4.74 Å². The van der Waals surface area contributed by atoms with Crippen LogP contribution in [-0.4, -0.2) is 6.29 Å². The standard InChI is InChI=1S/C20H15ClO2/c21-19-11-5-4-9-17(19)16-10-6-12-20(18(16)13-22)23-14-15-7-2-1-3-8-15/h1-13H,14H2. The van der Waals surface area contributed by atoms with Gasteiger partial charge in [0.1, 0.15) is 12.4 Å². The fraction of sp³-hybridized carbons (Fsp3) is 0.0500. The van der Waals surface area contributed by atoms with Crippen LogP contribution in [0.15, 0.2) is 72.8 Å². The molecule has 3 heteroatoms. The second kappa shape index (κ2) is 7.12. The first kappa shape index (κ1) is 15.3. The fourth-order valence-corrected chi connectivity index (χ4v) is 2.68. The van der Waals surface area contributed by atoms with Gasteiger partial charge in [-0.1, -0.05) is 72.3 Å². The minimum absolute atomic E-state index is 0.410. The molecular formula is C20H15ClO2. The van der Waals surface area contributed by atoms with Crippen LogP contribution < -0.4 is 4.74 Å². The molecule has 2 nitrogen and oxygen atoms in total. The molecule has 0 heterocycles. The van der Waals surface area contributed by atoms with Gasteiger partial charge in [0.2, 0.25) is 0 Å². The highest BCUT2D eigenvalue weighted by molar-refractivity contribution is 6.33. The molecular weight excluding hydrogens is 308 g/mol. The van der Waals surface area contributed by atoms with Crippen LogP contribution in [0.1, 0.15) is 15.9 Å². The topological polar surface area (TPSA) is 26.3 Å². The normalized spacial score (nSPS) is 10.3. The van der Waals surface area contributed by atoms with Crippen LogP contribution in [0.25, 0.3) is 11.1 Å². The highest BCUT2D eigenvalue weighted by Crippen LogP contribution is 2.34. The summed E-state index contributed by atoms with van der Waals surface area (Å²) < 4.78 is 5.84. The number of aldehydes is 1. The van der Waals surface area contributed by atoms with Crippen molar-refractivity contribution < 1.29 is 9.53 Å². The van der Waals surface area contributed by atoms with Gasteiger partial charge >= 0.3 is 0 Å². The summed E-state index contributed by atoms with van der Waals surface area (Å²) in [5, 5.41) is 0.607. The Morgan fingerprint density at radius 1 is 0.826 bits per heavy atom. The Hall–Kier alpha value is -2.58. The Bertz CT molecular complexity index is 813. The molecule has 0 unspecified atom stereocenters. The number of hydrogen-bond donors (Lipinski definition) is 0. The van der Waals surface area contributed by atoms with Crippen molar-refractivity contribution in [3.05, 3.63) is 88.9 Å². The molecule has 114 valence electrons. The first-order valence-corrected chi connectivity index (χ1v) is 7.67. The lowest BCUT2D eigenvalue weighted by molar-refractivity contribution is 0.111. The Morgan fingerprint density at radius 2 is 1.52 bits per heavy atom. The SMILES string of the molecule is O=Cc1c(OCc2ccccc2)cccc1-c1ccccc1Cl. The highest BCUT2D eigenvalue weighted by Gasteiger charge is 2.13. The second-order valence-corrected chi connectivity index (χ2v) is 5.50. The lowest BCUT2D eigenvalue weighted by atomic mass is 9.99. The number of carbonyl (C=O) groups is 1. The Balaban J connectivity index is 1.94. The lowest BCUT2D eigenvalue weighted by Crippen LogP contribution is -1.99. The predicted molar refractivity (Wildman–Crippen MR) is 93.0 cm³/mol. The average molecular weight is 323 g/mol. The van der Waals surface area contributed by atoms with Gasteiger partial charge in [-0.15, -0.1) is 0 Å². The zero-order valence-electron chi connectivity index (χ0n) is 12.4. The lowest BCUT2D eigenvalue weighted by Gasteiger charge is -2.13. The summed E-state index contributed by atoms with van der Waals surface area (Å²) in [5.41, 5.74) is 3.15. The maximum Gasteiger partial charge on any atom is 0.154 e. The van der Waals surface area contributed by atoms with Crippen LogP contribution in [0.5, 0.6) is 5.75 Å². The number of hydrogen-bond acceptors (Lipinski definition) is 2. The van der Waals surface area contributed by atoms with Crippen LogP contribution in [0.3, 0.4) is 0 Å². The van der Waals surface area contributed by atoms with Crippen LogP contribution in [0.4, 0.5) is 0 Å². The summed E-state index contributed by atoms with van der Waals surface area (Å²) >= 11 is 6.26. The van der Waals surface area contributed by atoms with Gasteiger partial charge in [-0.3, -0.25) is 4.79 Å². The van der Waals surface area contributed by atoms with Gasteiger partial charge in [0.05, 0.1) is 5.56 Å². The van der Waals surface area contributed by atoms with Crippen molar-refractivity contribution in [1.82, 2.24) is 0 Å². The minimum Gasteiger partial charge on any atom is -0.488 e. The number of rotatable bonds is 5. The molecule has 0 saturated carbocycles. The third kappa shape index (κ3) is 3.43. The predicted octanol–water partition coefficient (Wildman–Crippen LogP) is 5.40. The maximum atomic E-state index is 11.6. The van der Waals surface area contributed by atoms with Gasteiger partial charge in [-0.05, 0) is 23.3 Å². The zero-order valence-corrected chi connectivity index (χ0v) is 13.2. The van der Waals surface area contributed by atoms with Gasteiger partial charge in [0, 0.05) is 10.6 Å². The summed E-state index contributed by atoms with van der Waals surface area (Å²) in [7, 11) is 0. The van der Waals surface area contributed by atoms with Crippen LogP contribution >= 0.6 is 11.6 Å². The number of benzene rings is 3. The molecule has 0 aliphatic rings. The van der Waals surface area contributed by atoms with E-state index in [1.807, 2.05) is 66.7 Å². The van der Waals surface area contributed by atoms with Crippen molar-refractivity contribution in [3.8, 4) is 16.9 Å². The molecule has 0 N–H and O–H groups in total. The Morgan fingerprint density at radius 3 is 2.26 bits per heavy atom. The molecule has 0 aromatic heterocycles. The van der Waals surface area contributed by atoms with Crippen molar-refractivity contribution in [2.45, 2.75) is 6.61 Å². The monoisotopic (exact) mass is 322 g/mol. The van der Waals surface area contributed by atoms with E-state index in [0.717, 1.165) is 23.0 Å². The van der Waals surface area contributed by atoms with Crippen LogP contribution in [0.2, 0.25) is 5.02 Å². The zero-order chi connectivity index (χ0) is 16.1. The van der Waals surface area contributed by atoms with Crippen molar-refractivity contribution in [1.29, 1.82) is 0 Å². The third-order valence-corrected chi connectivity index (χ3v) is 3.91. The quantitative estimate of drug-likeness (QED) is 0.588. The largest absolute Gasteiger partial charge is 0.488 e. The summed E-state index contributed by atoms with van der Waals surface area (Å²) in [6.07, 6.45) is 0.818. The van der Waals surface area contributed by atoms with E-state index in [1.165, 1.54) is 0 Å². The summed E-state index contributed by atoms with van der Waals surface area (Å²) in [5.74, 6) is 0.557. The Kier molecular flexibility index (Phi) is 4.74. The van der Waals surface area contributed by atoms with Gasteiger partial charge in [0.15, 0.2) is 6.29 Å². The van der Waals surface area contributed by atoms with E-state index in [4.69, 9.17) is 16.3 Å². The summed E-state index contributed by atoms with van der Waals surface area (Å²) in [4.78, 5) is 11.6. The summed E-state index contributed by atoms with van der Waals surface area (Å²) in [6.45, 7) is 0.410. The van der Waals surface area contributed by atoms with Crippen LogP contribution in [-0.2, 0) is 6.61 Å². The first-order valence-electron chi connectivity index (χ1n) is 7.29. The molecule has 23 heavy (non-hydrogen) atoms. The van der Waals surface area contributed by atoms with Crippen molar-refractivity contribution in [2.75, 3.05) is 0 Å². The van der Waals surface area contributed by atoms with E-state index in [-0.39, 0.29) is 0 Å². The third-order valence-electron chi connectivity index (χ3n) is 3.59. The van der Waals surface area contributed by atoms with Gasteiger partial charge in [-0.2, -0.15) is 0 Å². The molecule has 0 radical (unpaired) electrons. The van der Waals surface area contributed by atoms with E-state index in [9.17, 15) is 4.79 Å². The molecule has 0 fully saturated rings. The van der Waals surface area contributed by atoms with E-state index >= 15 is 0 Å². The number of ether oxygens (including phenoxy) is 1. The summed E-state index contributed by atoms with van der Waals surface area (Å²) in [6, 6.07) is 22.8. The average Bonchev–Trinajstić information content (AvgIpc) is 2.61. The molecule has 0 aliphatic heterocycles. The Labute approximate surface area is 140 Å². The second-order valence-electron chi connectivity index (χ2n) is 5.09. The molecule has 3 aromatic carbocycles. The maximum absolute atomic E-state index is 11.6. The van der Waals surface area contributed by atoms with E-state index < -0.39 is 0 Å². The molecule has 0 spiro atoms. The number of halogens is 1. The van der Waals surface area contributed by atoms with Gasteiger partial charge in [-0.25, -0.2) is 0 Å². The molecule has 0 bridgehead atoms. The van der Waals surface area contributed by atoms with E-state index in [1.54, 1.807) is 6.07 Å². The number of carbonyl (C=O) groups excluding carboxylic acids is 1. The molecule has 3 rings (SSSR count). The van der Waals surface area contributed by atoms with E-state index in [0.29, 0.717) is 22.9 Å². The van der Waals surface area contributed by atoms with Crippen LogP contribution in [0, 0.1) is 0 Å². The van der Waals surface area contributed by atoms with Crippen molar-refractivity contribution >= 4 is 17.9 Å². The van der Waals surface area contributed by atoms with Crippen molar-refractivity contribution in [3.63, 3.8) is 0 Å². The highest BCUT2D eigenvalue weighted by atomic mass is 35.5. The smallest absolute Gasteiger partial charge is 0.154 e. The minimum atomic E-state index is 0.410. The van der Waals surface area contributed by atoms with E-state index in [2.05, 4.69) is 0 Å². The van der Waals surface area contributed by atoms with Gasteiger partial charge in [0.25, 0.3) is 0 Å². The molecule has 0 aliphatic carbocycles. The molecule has 0 amide bonds. The molecule has 3 aromatic rings. The molecule has 0 saturated heterocycles. The fourth-order valence-electron chi connectivity index (χ4n) is 2.44. The first-order chi connectivity index (χ1) is 11.3. The van der Waals surface area contributed by atoms with Crippen molar-refractivity contribution in [2.24, 2.45) is 0 Å². The molecule has 0 atom stereocenters.